The first-order valence-electron chi connectivity index (χ1n) is 6.78. The summed E-state index contributed by atoms with van der Waals surface area (Å²) in [5.74, 6) is 0. The van der Waals surface area contributed by atoms with Crippen LogP contribution in [0.25, 0.3) is 0 Å². The van der Waals surface area contributed by atoms with Gasteiger partial charge in [0.05, 0.1) is 5.71 Å². The third-order valence-electron chi connectivity index (χ3n) is 2.68. The predicted molar refractivity (Wildman–Crippen MR) is 96.1 cm³/mol. The maximum absolute atomic E-state index is 9.31. The summed E-state index contributed by atoms with van der Waals surface area (Å²) in [5.41, 5.74) is 2.86. The van der Waals surface area contributed by atoms with Gasteiger partial charge in [-0.25, -0.2) is 9.38 Å². The van der Waals surface area contributed by atoms with Gasteiger partial charge in [-0.2, -0.15) is 5.26 Å². The molecule has 0 bridgehead atoms. The minimum atomic E-state index is -0.00766. The van der Waals surface area contributed by atoms with E-state index in [2.05, 4.69) is 47.8 Å². The van der Waals surface area contributed by atoms with Crippen LogP contribution in [0.2, 0.25) is 0 Å². The van der Waals surface area contributed by atoms with E-state index < -0.39 is 0 Å². The van der Waals surface area contributed by atoms with Crippen LogP contribution in [0.3, 0.4) is 0 Å². The van der Waals surface area contributed by atoms with Crippen molar-refractivity contribution in [2.75, 3.05) is 0 Å². The molecule has 2 aromatic rings. The number of hydrogen-bond acceptors (Lipinski definition) is 4. The van der Waals surface area contributed by atoms with Crippen molar-refractivity contribution in [3.63, 3.8) is 0 Å². The molecular weight excluding hydrogens is 358 g/mol. The highest BCUT2D eigenvalue weighted by Gasteiger charge is 2.16. The molecule has 0 amide bonds. The van der Waals surface area contributed by atoms with Crippen LogP contribution < -0.4 is 0 Å². The fraction of sp³-hybridized carbons (Fsp3) is 0.235. The Bertz CT molecular complexity index is 742. The highest BCUT2D eigenvalue weighted by atomic mass is 79.9. The molecule has 0 aliphatic rings. The van der Waals surface area contributed by atoms with E-state index in [1.165, 1.54) is 11.9 Å². The Morgan fingerprint density at radius 2 is 2.05 bits per heavy atom. The molecule has 5 heteroatoms. The number of aromatic nitrogens is 1. The van der Waals surface area contributed by atoms with E-state index in [-0.39, 0.29) is 4.75 Å². The van der Waals surface area contributed by atoms with E-state index in [1.807, 2.05) is 36.4 Å². The van der Waals surface area contributed by atoms with Gasteiger partial charge in [0.25, 0.3) is 0 Å². The van der Waals surface area contributed by atoms with E-state index in [4.69, 9.17) is 4.40 Å². The van der Waals surface area contributed by atoms with Crippen molar-refractivity contribution in [1.82, 2.24) is 4.98 Å². The second kappa shape index (κ2) is 7.08. The van der Waals surface area contributed by atoms with Crippen molar-refractivity contribution in [2.45, 2.75) is 25.5 Å². The quantitative estimate of drug-likeness (QED) is 0.561. The second-order valence-corrected chi connectivity index (χ2v) is 8.17. The lowest BCUT2D eigenvalue weighted by atomic mass is 10.0. The maximum Gasteiger partial charge on any atom is 0.149 e. The van der Waals surface area contributed by atoms with Gasteiger partial charge in [0.15, 0.2) is 0 Å². The van der Waals surface area contributed by atoms with Gasteiger partial charge in [0, 0.05) is 26.5 Å². The van der Waals surface area contributed by atoms with Crippen LogP contribution in [0.15, 0.2) is 51.5 Å². The van der Waals surface area contributed by atoms with Crippen LogP contribution in [0.4, 0.5) is 0 Å². The average molecular weight is 374 g/mol. The number of benzene rings is 1. The summed E-state index contributed by atoms with van der Waals surface area (Å²) >= 11 is 4.98. The number of hydrogen-bond donors (Lipinski definition) is 0. The first-order chi connectivity index (χ1) is 10.4. The molecule has 0 radical (unpaired) electrons. The minimum Gasteiger partial charge on any atom is -0.245 e. The summed E-state index contributed by atoms with van der Waals surface area (Å²) in [5, 5.41) is 9.31. The van der Waals surface area contributed by atoms with E-state index in [0.717, 1.165) is 21.3 Å². The molecule has 0 saturated carbocycles. The molecule has 1 aromatic heterocycles. The topological polar surface area (TPSA) is 49.0 Å². The third kappa shape index (κ3) is 4.43. The lowest BCUT2D eigenvalue weighted by Gasteiger charge is -2.15. The van der Waals surface area contributed by atoms with Crippen molar-refractivity contribution < 1.29 is 0 Å². The molecule has 0 aliphatic heterocycles. The normalized spacial score (nSPS) is 12.0. The molecule has 0 saturated heterocycles. The Hall–Kier alpha value is -1.64. The number of nitrogens with zero attached hydrogens (tertiary/aromatic N) is 3. The van der Waals surface area contributed by atoms with Gasteiger partial charge in [-0.05, 0) is 57.0 Å². The number of nitriles is 1. The zero-order chi connectivity index (χ0) is 16.2. The number of pyridine rings is 1. The molecule has 0 unspecified atom stereocenters. The highest BCUT2D eigenvalue weighted by molar-refractivity contribution is 9.10. The predicted octanol–water partition coefficient (Wildman–Crippen LogP) is 5.00. The van der Waals surface area contributed by atoms with Crippen molar-refractivity contribution in [1.29, 1.82) is 5.26 Å². The minimum absolute atomic E-state index is 0.00766. The van der Waals surface area contributed by atoms with Gasteiger partial charge in [-0.15, -0.1) is 0 Å². The zero-order valence-corrected chi connectivity index (χ0v) is 15.1. The van der Waals surface area contributed by atoms with Crippen LogP contribution >= 0.6 is 27.9 Å². The summed E-state index contributed by atoms with van der Waals surface area (Å²) < 4.78 is 5.67. The van der Waals surface area contributed by atoms with Crippen LogP contribution in [-0.4, -0.2) is 15.4 Å². The van der Waals surface area contributed by atoms with E-state index in [0.29, 0.717) is 5.69 Å². The van der Waals surface area contributed by atoms with Crippen LogP contribution in [0.1, 0.15) is 37.6 Å². The summed E-state index contributed by atoms with van der Waals surface area (Å²) in [6.07, 6.45) is 1.62. The van der Waals surface area contributed by atoms with Crippen LogP contribution in [-0.2, 0) is 0 Å². The van der Waals surface area contributed by atoms with Gasteiger partial charge in [-0.3, -0.25) is 0 Å². The van der Waals surface area contributed by atoms with Gasteiger partial charge >= 0.3 is 0 Å². The fourth-order valence-corrected chi connectivity index (χ4v) is 2.73. The number of rotatable bonds is 3. The van der Waals surface area contributed by atoms with E-state index >= 15 is 0 Å². The Morgan fingerprint density at radius 3 is 2.68 bits per heavy atom. The highest BCUT2D eigenvalue weighted by Crippen LogP contribution is 2.27. The molecule has 0 N–H and O–H groups in total. The summed E-state index contributed by atoms with van der Waals surface area (Å²) in [7, 11) is 0. The molecule has 0 fully saturated rings. The number of halogens is 1. The largest absolute Gasteiger partial charge is 0.245 e. The Morgan fingerprint density at radius 1 is 1.27 bits per heavy atom. The average Bonchev–Trinajstić information content (AvgIpc) is 2.47. The third-order valence-corrected chi connectivity index (χ3v) is 3.99. The maximum atomic E-state index is 9.31. The van der Waals surface area contributed by atoms with Crippen LogP contribution in [0, 0.1) is 11.3 Å². The molecule has 22 heavy (non-hydrogen) atoms. The SMILES string of the molecule is CC(C)(C)S/N=C(\c1cccc(Br)c1)c1cccnc1C#N. The van der Waals surface area contributed by atoms with Crippen molar-refractivity contribution in [2.24, 2.45) is 4.40 Å². The first-order valence-corrected chi connectivity index (χ1v) is 8.35. The van der Waals surface area contributed by atoms with Crippen molar-refractivity contribution in [3.8, 4) is 6.07 Å². The van der Waals surface area contributed by atoms with Gasteiger partial charge in [0.1, 0.15) is 11.8 Å². The van der Waals surface area contributed by atoms with Gasteiger partial charge in [-0.1, -0.05) is 28.1 Å². The zero-order valence-electron chi connectivity index (χ0n) is 12.7. The lowest BCUT2D eigenvalue weighted by Crippen LogP contribution is -2.10. The molecule has 0 atom stereocenters. The standard InChI is InChI=1S/C17H16BrN3S/c1-17(2,3)22-21-16(12-6-4-7-13(18)10-12)14-8-5-9-20-15(14)11-19/h4-10H,1-3H3/b21-16+. The summed E-state index contributed by atoms with van der Waals surface area (Å²) in [4.78, 5) is 4.15. The molecule has 3 nitrogen and oxygen atoms in total. The van der Waals surface area contributed by atoms with Crippen molar-refractivity contribution >= 4 is 33.6 Å². The molecule has 0 spiro atoms. The molecular formula is C17H16BrN3S. The molecule has 112 valence electrons. The van der Waals surface area contributed by atoms with E-state index in [1.54, 1.807) is 6.20 Å². The molecule has 1 heterocycles. The van der Waals surface area contributed by atoms with Gasteiger partial charge < -0.3 is 0 Å². The Kier molecular flexibility index (Phi) is 5.38. The second-order valence-electron chi connectivity index (χ2n) is 5.67. The Balaban J connectivity index is 2.58. The molecule has 2 rings (SSSR count). The molecule has 1 aromatic carbocycles. The van der Waals surface area contributed by atoms with Gasteiger partial charge in [0.2, 0.25) is 0 Å². The van der Waals surface area contributed by atoms with Crippen molar-refractivity contribution in [3.05, 3.63) is 63.9 Å². The lowest BCUT2D eigenvalue weighted by molar-refractivity contribution is 0.804. The monoisotopic (exact) mass is 373 g/mol. The fourth-order valence-electron chi connectivity index (χ4n) is 1.76. The van der Waals surface area contributed by atoms with E-state index in [9.17, 15) is 5.26 Å². The Labute approximate surface area is 143 Å². The molecule has 0 aliphatic carbocycles. The smallest absolute Gasteiger partial charge is 0.149 e. The summed E-state index contributed by atoms with van der Waals surface area (Å²) in [6.45, 7) is 6.32. The van der Waals surface area contributed by atoms with Crippen LogP contribution in [0.5, 0.6) is 0 Å². The first kappa shape index (κ1) is 16.7. The summed E-state index contributed by atoms with van der Waals surface area (Å²) in [6, 6.07) is 13.8.